The summed E-state index contributed by atoms with van der Waals surface area (Å²) in [5.74, 6) is 0. The summed E-state index contributed by atoms with van der Waals surface area (Å²) in [5, 5.41) is 0. The zero-order valence-electron chi connectivity index (χ0n) is 9.86. The topological polar surface area (TPSA) is 75.4 Å². The predicted molar refractivity (Wildman–Crippen MR) is 62.7 cm³/mol. The number of nitrogens with one attached hydrogen (secondary N) is 1. The predicted octanol–water partition coefficient (Wildman–Crippen LogP) is 0.290. The van der Waals surface area contributed by atoms with E-state index in [9.17, 15) is 8.42 Å². The van der Waals surface area contributed by atoms with Crippen LogP contribution in [-0.2, 0) is 10.2 Å². The van der Waals surface area contributed by atoms with Gasteiger partial charge in [0.2, 0.25) is 0 Å². The summed E-state index contributed by atoms with van der Waals surface area (Å²) in [6.45, 7) is 4.82. The molecule has 5 nitrogen and oxygen atoms in total. The van der Waals surface area contributed by atoms with Crippen molar-refractivity contribution in [1.29, 1.82) is 0 Å². The molecule has 0 aromatic carbocycles. The van der Waals surface area contributed by atoms with E-state index in [1.165, 1.54) is 4.31 Å². The molecule has 3 N–H and O–H groups in total. The van der Waals surface area contributed by atoms with Crippen molar-refractivity contribution < 1.29 is 8.42 Å². The minimum absolute atomic E-state index is 0.168. The Morgan fingerprint density at radius 2 is 2.00 bits per heavy atom. The summed E-state index contributed by atoms with van der Waals surface area (Å²) in [6.07, 6.45) is 2.56. The molecule has 15 heavy (non-hydrogen) atoms. The maximum Gasteiger partial charge on any atom is 0.279 e. The second-order valence-corrected chi connectivity index (χ2v) is 5.45. The molecule has 0 aliphatic heterocycles. The van der Waals surface area contributed by atoms with Crippen LogP contribution in [0.25, 0.3) is 0 Å². The fourth-order valence-electron chi connectivity index (χ4n) is 1.10. The number of hydrogen-bond acceptors (Lipinski definition) is 3. The standard InChI is InChI=1S/C9H23N3O2S/c1-4-6-7-12(3)15(13,14)11-9(5-2)8-10/h9,11H,4-8,10H2,1-3H3. The normalized spacial score (nSPS) is 14.5. The van der Waals surface area contributed by atoms with E-state index in [2.05, 4.69) is 4.72 Å². The van der Waals surface area contributed by atoms with Crippen LogP contribution in [0.15, 0.2) is 0 Å². The van der Waals surface area contributed by atoms with Gasteiger partial charge in [-0.3, -0.25) is 0 Å². The summed E-state index contributed by atoms with van der Waals surface area (Å²) in [7, 11) is -1.77. The average molecular weight is 237 g/mol. The summed E-state index contributed by atoms with van der Waals surface area (Å²) in [5.41, 5.74) is 5.45. The third-order valence-corrected chi connectivity index (χ3v) is 3.96. The molecule has 0 fully saturated rings. The molecule has 0 saturated carbocycles. The van der Waals surface area contributed by atoms with Crippen molar-refractivity contribution in [2.24, 2.45) is 5.73 Å². The number of nitrogens with two attached hydrogens (primary N) is 1. The fourth-order valence-corrected chi connectivity index (χ4v) is 2.33. The van der Waals surface area contributed by atoms with Crippen molar-refractivity contribution in [2.75, 3.05) is 20.1 Å². The first-order valence-corrected chi connectivity index (χ1v) is 6.85. The molecule has 6 heteroatoms. The molecule has 0 heterocycles. The largest absolute Gasteiger partial charge is 0.329 e. The Morgan fingerprint density at radius 1 is 1.40 bits per heavy atom. The highest BCUT2D eigenvalue weighted by molar-refractivity contribution is 7.87. The molecule has 0 aliphatic carbocycles. The molecular weight excluding hydrogens is 214 g/mol. The van der Waals surface area contributed by atoms with Gasteiger partial charge < -0.3 is 5.73 Å². The third-order valence-electron chi connectivity index (χ3n) is 2.33. The lowest BCUT2D eigenvalue weighted by molar-refractivity contribution is 0.436. The van der Waals surface area contributed by atoms with Gasteiger partial charge in [0.25, 0.3) is 10.2 Å². The second-order valence-electron chi connectivity index (χ2n) is 3.64. The molecule has 1 atom stereocenters. The first-order valence-electron chi connectivity index (χ1n) is 5.41. The number of rotatable bonds is 8. The Bertz CT molecular complexity index is 250. The van der Waals surface area contributed by atoms with Crippen LogP contribution in [0.5, 0.6) is 0 Å². The van der Waals surface area contributed by atoms with Crippen molar-refractivity contribution in [2.45, 2.75) is 39.2 Å². The highest BCUT2D eigenvalue weighted by Crippen LogP contribution is 2.00. The average Bonchev–Trinajstić information content (AvgIpc) is 2.22. The highest BCUT2D eigenvalue weighted by Gasteiger charge is 2.19. The molecule has 0 aliphatic rings. The van der Waals surface area contributed by atoms with Crippen LogP contribution < -0.4 is 10.5 Å². The number of unbranched alkanes of at least 4 members (excludes halogenated alkanes) is 1. The molecule has 0 saturated heterocycles. The maximum absolute atomic E-state index is 11.7. The fraction of sp³-hybridized carbons (Fsp3) is 1.00. The Kier molecular flexibility index (Phi) is 7.08. The van der Waals surface area contributed by atoms with Crippen molar-refractivity contribution in [3.8, 4) is 0 Å². The minimum atomic E-state index is -3.35. The summed E-state index contributed by atoms with van der Waals surface area (Å²) in [4.78, 5) is 0. The van der Waals surface area contributed by atoms with E-state index in [-0.39, 0.29) is 6.04 Å². The SMILES string of the molecule is CCCCN(C)S(=O)(=O)NC(CC)CN. The Hall–Kier alpha value is -0.170. The van der Waals surface area contributed by atoms with Crippen LogP contribution in [0.3, 0.4) is 0 Å². The second kappa shape index (κ2) is 7.16. The van der Waals surface area contributed by atoms with Crippen molar-refractivity contribution in [1.82, 2.24) is 9.03 Å². The summed E-state index contributed by atoms with van der Waals surface area (Å²) in [6, 6.07) is -0.168. The maximum atomic E-state index is 11.7. The van der Waals surface area contributed by atoms with E-state index in [1.807, 2.05) is 13.8 Å². The van der Waals surface area contributed by atoms with Crippen LogP contribution in [-0.4, -0.2) is 38.9 Å². The van der Waals surface area contributed by atoms with E-state index >= 15 is 0 Å². The molecule has 0 radical (unpaired) electrons. The first-order chi connectivity index (χ1) is 6.97. The lowest BCUT2D eigenvalue weighted by atomic mass is 10.2. The molecular formula is C9H23N3O2S. The molecule has 0 amide bonds. The highest BCUT2D eigenvalue weighted by atomic mass is 32.2. The third kappa shape index (κ3) is 5.46. The molecule has 92 valence electrons. The van der Waals surface area contributed by atoms with E-state index in [1.54, 1.807) is 7.05 Å². The Morgan fingerprint density at radius 3 is 2.40 bits per heavy atom. The van der Waals surface area contributed by atoms with Crippen LogP contribution in [0, 0.1) is 0 Å². The van der Waals surface area contributed by atoms with Crippen molar-refractivity contribution >= 4 is 10.2 Å². The van der Waals surface area contributed by atoms with Gasteiger partial charge in [0, 0.05) is 26.2 Å². The van der Waals surface area contributed by atoms with Gasteiger partial charge in [0.1, 0.15) is 0 Å². The van der Waals surface area contributed by atoms with Crippen molar-refractivity contribution in [3.05, 3.63) is 0 Å². The summed E-state index contributed by atoms with van der Waals surface area (Å²) < 4.78 is 27.4. The lowest BCUT2D eigenvalue weighted by Gasteiger charge is -2.21. The van der Waals surface area contributed by atoms with Gasteiger partial charge in [0.15, 0.2) is 0 Å². The molecule has 0 aromatic rings. The lowest BCUT2D eigenvalue weighted by Crippen LogP contribution is -2.46. The van der Waals surface area contributed by atoms with E-state index in [0.717, 1.165) is 12.8 Å². The van der Waals surface area contributed by atoms with Gasteiger partial charge in [0.05, 0.1) is 0 Å². The zero-order chi connectivity index (χ0) is 11.9. The first kappa shape index (κ1) is 14.8. The number of hydrogen-bond donors (Lipinski definition) is 2. The van der Waals surface area contributed by atoms with Crippen LogP contribution in [0.2, 0.25) is 0 Å². The molecule has 0 bridgehead atoms. The monoisotopic (exact) mass is 237 g/mol. The van der Waals surface area contributed by atoms with Crippen LogP contribution >= 0.6 is 0 Å². The van der Waals surface area contributed by atoms with E-state index in [0.29, 0.717) is 19.5 Å². The van der Waals surface area contributed by atoms with Gasteiger partial charge in [-0.15, -0.1) is 0 Å². The molecule has 0 aromatic heterocycles. The number of nitrogens with zero attached hydrogens (tertiary/aromatic N) is 1. The summed E-state index contributed by atoms with van der Waals surface area (Å²) >= 11 is 0. The zero-order valence-corrected chi connectivity index (χ0v) is 10.7. The van der Waals surface area contributed by atoms with Gasteiger partial charge in [-0.1, -0.05) is 20.3 Å². The van der Waals surface area contributed by atoms with Gasteiger partial charge in [-0.2, -0.15) is 17.4 Å². The Labute approximate surface area is 93.2 Å². The van der Waals surface area contributed by atoms with Crippen LogP contribution in [0.1, 0.15) is 33.1 Å². The molecule has 0 spiro atoms. The van der Waals surface area contributed by atoms with E-state index in [4.69, 9.17) is 5.73 Å². The van der Waals surface area contributed by atoms with Gasteiger partial charge in [-0.05, 0) is 12.8 Å². The Balaban J connectivity index is 4.27. The molecule has 0 rings (SSSR count). The van der Waals surface area contributed by atoms with E-state index < -0.39 is 10.2 Å². The smallest absolute Gasteiger partial charge is 0.279 e. The van der Waals surface area contributed by atoms with Gasteiger partial charge in [-0.25, -0.2) is 0 Å². The van der Waals surface area contributed by atoms with Crippen LogP contribution in [0.4, 0.5) is 0 Å². The van der Waals surface area contributed by atoms with Gasteiger partial charge >= 0.3 is 0 Å². The minimum Gasteiger partial charge on any atom is -0.329 e. The van der Waals surface area contributed by atoms with Crippen molar-refractivity contribution in [3.63, 3.8) is 0 Å². The molecule has 1 unspecified atom stereocenters. The quantitative estimate of drug-likeness (QED) is 0.637.